The van der Waals surface area contributed by atoms with E-state index in [1.165, 1.54) is 295 Å². The summed E-state index contributed by atoms with van der Waals surface area (Å²) >= 11 is 0. The topological polar surface area (TPSA) is 95.9 Å². The largest absolute Gasteiger partial charge is 0.466 e. The zero-order valence-corrected chi connectivity index (χ0v) is 50.1. The van der Waals surface area contributed by atoms with Gasteiger partial charge >= 0.3 is 5.97 Å². The third-order valence-electron chi connectivity index (χ3n) is 15.7. The molecule has 0 aromatic heterocycles. The SMILES string of the molecule is CCCCCC/C=C\CCCCCCCC(=O)OCCCCCCCCCCCCCC/C=C\CCCCCCCCCCCCCCCCC(=O)NC(CO)C(O)CCCCCCCCCCCCCCCC. The van der Waals surface area contributed by atoms with Crippen molar-refractivity contribution in [3.05, 3.63) is 24.3 Å². The van der Waals surface area contributed by atoms with Crippen LogP contribution in [0.1, 0.15) is 373 Å². The summed E-state index contributed by atoms with van der Waals surface area (Å²) in [7, 11) is 0. The fourth-order valence-corrected chi connectivity index (χ4v) is 10.6. The standard InChI is InChI=1S/C68H131NO5/c1-3-5-7-9-11-13-15-17-37-40-44-48-52-56-60-66(71)65(64-70)69-67(72)61-57-53-49-45-41-38-34-32-30-28-26-24-22-20-18-19-21-23-25-27-29-31-33-35-39-43-47-51-55-59-63-74-68(73)62-58-54-50-46-42-36-16-14-12-10-8-6-4-2/h14,16,19,21,65-66,70-71H,3-13,15,17-18,20,22-64H2,1-2H3,(H,69,72)/b16-14-,21-19-. The summed E-state index contributed by atoms with van der Waals surface area (Å²) in [5.41, 5.74) is 0. The van der Waals surface area contributed by atoms with E-state index < -0.39 is 12.1 Å². The molecule has 0 aliphatic heterocycles. The molecule has 3 N–H and O–H groups in total. The zero-order chi connectivity index (χ0) is 53.6. The molecule has 438 valence electrons. The normalized spacial score (nSPS) is 12.6. The number of ether oxygens (including phenoxy) is 1. The summed E-state index contributed by atoms with van der Waals surface area (Å²) in [5, 5.41) is 23.3. The van der Waals surface area contributed by atoms with Gasteiger partial charge in [0.1, 0.15) is 0 Å². The molecule has 2 unspecified atom stereocenters. The fourth-order valence-electron chi connectivity index (χ4n) is 10.6. The van der Waals surface area contributed by atoms with Crippen LogP contribution in [0.4, 0.5) is 0 Å². The van der Waals surface area contributed by atoms with E-state index in [9.17, 15) is 19.8 Å². The molecule has 0 bridgehead atoms. The summed E-state index contributed by atoms with van der Waals surface area (Å²) in [6, 6.07) is -0.539. The van der Waals surface area contributed by atoms with Crippen LogP contribution in [0.5, 0.6) is 0 Å². The van der Waals surface area contributed by atoms with Gasteiger partial charge in [0.05, 0.1) is 25.4 Å². The molecule has 74 heavy (non-hydrogen) atoms. The van der Waals surface area contributed by atoms with Crippen LogP contribution in [0.25, 0.3) is 0 Å². The smallest absolute Gasteiger partial charge is 0.305 e. The van der Waals surface area contributed by atoms with Crippen LogP contribution in [0.3, 0.4) is 0 Å². The van der Waals surface area contributed by atoms with E-state index in [1.807, 2.05) is 0 Å². The molecule has 0 spiro atoms. The molecule has 0 aromatic rings. The van der Waals surface area contributed by atoms with Crippen LogP contribution in [0.15, 0.2) is 24.3 Å². The summed E-state index contributed by atoms with van der Waals surface area (Å²) in [4.78, 5) is 24.5. The quantitative estimate of drug-likeness (QED) is 0.0320. The first-order valence-electron chi connectivity index (χ1n) is 33.6. The van der Waals surface area contributed by atoms with Crippen molar-refractivity contribution in [1.29, 1.82) is 0 Å². The highest BCUT2D eigenvalue weighted by Gasteiger charge is 2.20. The first-order chi connectivity index (χ1) is 36.5. The van der Waals surface area contributed by atoms with E-state index in [0.717, 1.165) is 44.9 Å². The number of esters is 1. The van der Waals surface area contributed by atoms with Crippen molar-refractivity contribution in [2.24, 2.45) is 0 Å². The number of carbonyl (C=O) groups is 2. The summed E-state index contributed by atoms with van der Waals surface area (Å²) in [5.74, 6) is -0.0231. The Morgan fingerprint density at radius 2 is 0.635 bits per heavy atom. The van der Waals surface area contributed by atoms with E-state index in [4.69, 9.17) is 4.74 Å². The molecule has 0 aromatic carbocycles. The second-order valence-electron chi connectivity index (χ2n) is 23.1. The van der Waals surface area contributed by atoms with Crippen molar-refractivity contribution in [3.8, 4) is 0 Å². The van der Waals surface area contributed by atoms with E-state index in [-0.39, 0.29) is 18.5 Å². The van der Waals surface area contributed by atoms with Crippen LogP contribution in [0, 0.1) is 0 Å². The number of carbonyl (C=O) groups excluding carboxylic acids is 2. The van der Waals surface area contributed by atoms with Crippen LogP contribution in [0.2, 0.25) is 0 Å². The summed E-state index contributed by atoms with van der Waals surface area (Å²) in [6.07, 6.45) is 79.3. The molecule has 0 saturated heterocycles. The van der Waals surface area contributed by atoms with Crippen molar-refractivity contribution in [3.63, 3.8) is 0 Å². The molecule has 6 heteroatoms. The molecule has 0 heterocycles. The molecule has 0 saturated carbocycles. The summed E-state index contributed by atoms with van der Waals surface area (Å²) in [6.45, 7) is 4.96. The minimum atomic E-state index is -0.662. The molecule has 0 radical (unpaired) electrons. The van der Waals surface area contributed by atoms with Gasteiger partial charge in [-0.25, -0.2) is 0 Å². The van der Waals surface area contributed by atoms with Crippen LogP contribution in [-0.2, 0) is 14.3 Å². The lowest BCUT2D eigenvalue weighted by molar-refractivity contribution is -0.143. The number of rotatable bonds is 63. The molecular weight excluding hydrogens is 911 g/mol. The average Bonchev–Trinajstić information content (AvgIpc) is 3.40. The Hall–Kier alpha value is -1.66. The van der Waals surface area contributed by atoms with Crippen molar-refractivity contribution < 1.29 is 24.5 Å². The number of amides is 1. The van der Waals surface area contributed by atoms with Crippen molar-refractivity contribution >= 4 is 11.9 Å². The Bertz CT molecular complexity index is 1150. The predicted molar refractivity (Wildman–Crippen MR) is 324 cm³/mol. The Balaban J connectivity index is 3.36. The van der Waals surface area contributed by atoms with Crippen molar-refractivity contribution in [2.45, 2.75) is 386 Å². The number of hydrogen-bond donors (Lipinski definition) is 3. The summed E-state index contributed by atoms with van der Waals surface area (Å²) < 4.78 is 5.48. The Morgan fingerprint density at radius 1 is 0.365 bits per heavy atom. The highest BCUT2D eigenvalue weighted by atomic mass is 16.5. The Kier molecular flexibility index (Phi) is 62.4. The van der Waals surface area contributed by atoms with E-state index in [1.54, 1.807) is 0 Å². The van der Waals surface area contributed by atoms with Gasteiger partial charge in [-0.05, 0) is 77.0 Å². The minimum absolute atomic E-state index is 0.00822. The van der Waals surface area contributed by atoms with Gasteiger partial charge in [-0.3, -0.25) is 9.59 Å². The zero-order valence-electron chi connectivity index (χ0n) is 50.1. The van der Waals surface area contributed by atoms with Crippen LogP contribution >= 0.6 is 0 Å². The van der Waals surface area contributed by atoms with Gasteiger partial charge < -0.3 is 20.3 Å². The number of nitrogens with one attached hydrogen (secondary N) is 1. The monoisotopic (exact) mass is 1040 g/mol. The number of hydrogen-bond acceptors (Lipinski definition) is 5. The lowest BCUT2D eigenvalue weighted by Gasteiger charge is -2.22. The second-order valence-corrected chi connectivity index (χ2v) is 23.1. The average molecular weight is 1040 g/mol. The Morgan fingerprint density at radius 3 is 0.973 bits per heavy atom. The minimum Gasteiger partial charge on any atom is -0.466 e. The van der Waals surface area contributed by atoms with Crippen LogP contribution in [-0.4, -0.2) is 47.4 Å². The number of unbranched alkanes of at least 4 members (excludes halogenated alkanes) is 48. The first-order valence-corrected chi connectivity index (χ1v) is 33.6. The van der Waals surface area contributed by atoms with E-state index in [2.05, 4.69) is 43.5 Å². The van der Waals surface area contributed by atoms with Crippen molar-refractivity contribution in [2.75, 3.05) is 13.2 Å². The van der Waals surface area contributed by atoms with Gasteiger partial charge in [0, 0.05) is 12.8 Å². The third kappa shape index (κ3) is 59.6. The molecule has 0 rings (SSSR count). The molecular formula is C68H131NO5. The van der Waals surface area contributed by atoms with E-state index >= 15 is 0 Å². The number of aliphatic hydroxyl groups excluding tert-OH is 2. The fraction of sp³-hybridized carbons (Fsp3) is 0.912. The highest BCUT2D eigenvalue weighted by Crippen LogP contribution is 2.18. The van der Waals surface area contributed by atoms with Gasteiger partial charge in [0.2, 0.25) is 5.91 Å². The maximum absolute atomic E-state index is 12.5. The van der Waals surface area contributed by atoms with Crippen molar-refractivity contribution in [1.82, 2.24) is 5.32 Å². The maximum atomic E-state index is 12.5. The number of aliphatic hydroxyl groups is 2. The second kappa shape index (κ2) is 63.9. The van der Waals surface area contributed by atoms with Gasteiger partial charge in [0.25, 0.3) is 0 Å². The molecule has 1 amide bonds. The van der Waals surface area contributed by atoms with E-state index in [0.29, 0.717) is 25.9 Å². The van der Waals surface area contributed by atoms with Gasteiger partial charge in [-0.2, -0.15) is 0 Å². The van der Waals surface area contributed by atoms with Gasteiger partial charge in [0.15, 0.2) is 0 Å². The number of allylic oxidation sites excluding steroid dienone is 4. The molecule has 0 aliphatic rings. The molecule has 0 aliphatic carbocycles. The highest BCUT2D eigenvalue weighted by molar-refractivity contribution is 5.76. The molecule has 6 nitrogen and oxygen atoms in total. The molecule has 0 fully saturated rings. The molecule has 2 atom stereocenters. The maximum Gasteiger partial charge on any atom is 0.305 e. The van der Waals surface area contributed by atoms with Crippen LogP contribution < -0.4 is 5.32 Å². The Labute approximate surface area is 462 Å². The predicted octanol–water partition coefficient (Wildman–Crippen LogP) is 21.4. The first kappa shape index (κ1) is 72.3. The van der Waals surface area contributed by atoms with Gasteiger partial charge in [-0.15, -0.1) is 0 Å². The third-order valence-corrected chi connectivity index (χ3v) is 15.7. The lowest BCUT2D eigenvalue weighted by Crippen LogP contribution is -2.45. The van der Waals surface area contributed by atoms with Gasteiger partial charge in [-0.1, -0.05) is 308 Å². The lowest BCUT2D eigenvalue weighted by atomic mass is 10.0.